The van der Waals surface area contributed by atoms with E-state index >= 15 is 0 Å². The van der Waals surface area contributed by atoms with Crippen molar-refractivity contribution in [1.82, 2.24) is 4.72 Å². The summed E-state index contributed by atoms with van der Waals surface area (Å²) in [7, 11) is -0.574. The zero-order valence-corrected chi connectivity index (χ0v) is 12.3. The molecular formula is C12H21N3O3S. The normalized spacial score (nSPS) is 13.2. The van der Waals surface area contributed by atoms with Crippen molar-refractivity contribution in [1.29, 1.82) is 0 Å². The second-order valence-electron chi connectivity index (χ2n) is 4.17. The summed E-state index contributed by atoms with van der Waals surface area (Å²) in [6, 6.07) is 4.81. The highest BCUT2D eigenvalue weighted by Gasteiger charge is 2.18. The minimum atomic E-state index is -3.55. The highest BCUT2D eigenvalue weighted by atomic mass is 32.2. The molecule has 7 heteroatoms. The quantitative estimate of drug-likeness (QED) is 0.651. The molecule has 108 valence electrons. The van der Waals surface area contributed by atoms with E-state index in [4.69, 9.17) is 10.5 Å². The summed E-state index contributed by atoms with van der Waals surface area (Å²) in [6.45, 7) is 2.50. The molecule has 0 saturated carbocycles. The largest absolute Gasteiger partial charge is 0.399 e. The zero-order chi connectivity index (χ0) is 14.5. The molecule has 0 radical (unpaired) electrons. The van der Waals surface area contributed by atoms with E-state index in [9.17, 15) is 8.42 Å². The summed E-state index contributed by atoms with van der Waals surface area (Å²) >= 11 is 0. The fourth-order valence-corrected chi connectivity index (χ4v) is 2.60. The van der Waals surface area contributed by atoms with Crippen LogP contribution >= 0.6 is 0 Å². The van der Waals surface area contributed by atoms with Gasteiger partial charge < -0.3 is 15.8 Å². The van der Waals surface area contributed by atoms with Gasteiger partial charge in [0.1, 0.15) is 4.90 Å². The third-order valence-electron chi connectivity index (χ3n) is 2.78. The number of hydrogen-bond donors (Lipinski definition) is 3. The summed E-state index contributed by atoms with van der Waals surface area (Å²) < 4.78 is 31.3. The second kappa shape index (κ2) is 6.74. The number of hydrogen-bond acceptors (Lipinski definition) is 5. The summed E-state index contributed by atoms with van der Waals surface area (Å²) in [5.41, 5.74) is 6.58. The number of sulfonamides is 1. The van der Waals surface area contributed by atoms with E-state index in [0.717, 1.165) is 6.42 Å². The van der Waals surface area contributed by atoms with Crippen molar-refractivity contribution in [2.45, 2.75) is 24.3 Å². The van der Waals surface area contributed by atoms with Gasteiger partial charge in [-0.05, 0) is 31.7 Å². The Morgan fingerprint density at radius 2 is 2.11 bits per heavy atom. The minimum absolute atomic E-state index is 0.0411. The first-order valence-electron chi connectivity index (χ1n) is 6.03. The van der Waals surface area contributed by atoms with Crippen LogP contribution in [0.3, 0.4) is 0 Å². The van der Waals surface area contributed by atoms with Gasteiger partial charge in [-0.2, -0.15) is 0 Å². The third-order valence-corrected chi connectivity index (χ3v) is 4.24. The lowest BCUT2D eigenvalue weighted by Crippen LogP contribution is -2.26. The topological polar surface area (TPSA) is 93.4 Å². The lowest BCUT2D eigenvalue weighted by molar-refractivity contribution is 0.184. The average Bonchev–Trinajstić information content (AvgIpc) is 2.39. The molecule has 0 aliphatic heterocycles. The molecule has 1 aromatic rings. The van der Waals surface area contributed by atoms with Gasteiger partial charge >= 0.3 is 0 Å². The van der Waals surface area contributed by atoms with Gasteiger partial charge in [-0.1, -0.05) is 6.92 Å². The van der Waals surface area contributed by atoms with Crippen molar-refractivity contribution in [2.24, 2.45) is 0 Å². The summed E-state index contributed by atoms with van der Waals surface area (Å²) in [6.07, 6.45) is 0.817. The Bertz CT molecular complexity index is 517. The van der Waals surface area contributed by atoms with E-state index in [2.05, 4.69) is 10.0 Å². The van der Waals surface area contributed by atoms with Gasteiger partial charge in [0.2, 0.25) is 10.0 Å². The minimum Gasteiger partial charge on any atom is -0.399 e. The molecule has 0 aromatic heterocycles. The van der Waals surface area contributed by atoms with E-state index in [1.807, 2.05) is 6.92 Å². The monoisotopic (exact) mass is 287 g/mol. The van der Waals surface area contributed by atoms with Crippen LogP contribution in [-0.4, -0.2) is 35.2 Å². The van der Waals surface area contributed by atoms with Gasteiger partial charge in [0.05, 0.1) is 12.3 Å². The van der Waals surface area contributed by atoms with Crippen molar-refractivity contribution >= 4 is 21.4 Å². The number of nitrogen functional groups attached to an aromatic ring is 1. The molecule has 0 bridgehead atoms. The number of rotatable bonds is 7. The van der Waals surface area contributed by atoms with Crippen LogP contribution in [0.15, 0.2) is 23.1 Å². The number of benzene rings is 1. The number of nitrogens with two attached hydrogens (primary N) is 1. The molecule has 4 N–H and O–H groups in total. The molecule has 19 heavy (non-hydrogen) atoms. The molecule has 1 atom stereocenters. The highest BCUT2D eigenvalue weighted by molar-refractivity contribution is 7.89. The Morgan fingerprint density at radius 1 is 1.42 bits per heavy atom. The average molecular weight is 287 g/mol. The van der Waals surface area contributed by atoms with E-state index in [0.29, 0.717) is 18.0 Å². The van der Waals surface area contributed by atoms with Gasteiger partial charge in [0.25, 0.3) is 0 Å². The van der Waals surface area contributed by atoms with E-state index in [1.54, 1.807) is 19.2 Å². The number of nitrogens with one attached hydrogen (secondary N) is 2. The van der Waals surface area contributed by atoms with Crippen LogP contribution < -0.4 is 15.8 Å². The van der Waals surface area contributed by atoms with Crippen LogP contribution in [0.1, 0.15) is 13.3 Å². The highest BCUT2D eigenvalue weighted by Crippen LogP contribution is 2.24. The van der Waals surface area contributed by atoms with Crippen molar-refractivity contribution in [3.63, 3.8) is 0 Å². The van der Waals surface area contributed by atoms with Crippen LogP contribution in [0.5, 0.6) is 0 Å². The molecule has 1 aromatic carbocycles. The van der Waals surface area contributed by atoms with E-state index in [1.165, 1.54) is 13.1 Å². The Hall–Kier alpha value is -1.31. The Kier molecular flexibility index (Phi) is 5.59. The zero-order valence-electron chi connectivity index (χ0n) is 11.4. The third kappa shape index (κ3) is 4.09. The van der Waals surface area contributed by atoms with Gasteiger partial charge in [0, 0.05) is 18.8 Å². The van der Waals surface area contributed by atoms with Crippen LogP contribution in [0.2, 0.25) is 0 Å². The van der Waals surface area contributed by atoms with Crippen molar-refractivity contribution in [2.75, 3.05) is 31.8 Å². The first-order chi connectivity index (χ1) is 8.94. The fraction of sp³-hybridized carbons (Fsp3) is 0.500. The summed E-state index contributed by atoms with van der Waals surface area (Å²) in [5.74, 6) is 0. The maximum atomic E-state index is 12.0. The van der Waals surface area contributed by atoms with Crippen LogP contribution in [0.4, 0.5) is 11.4 Å². The number of anilines is 2. The van der Waals surface area contributed by atoms with E-state index < -0.39 is 10.0 Å². The molecule has 0 spiro atoms. The van der Waals surface area contributed by atoms with Gasteiger partial charge in [-0.25, -0.2) is 13.1 Å². The van der Waals surface area contributed by atoms with Crippen LogP contribution in [-0.2, 0) is 14.8 Å². The Balaban J connectivity index is 3.14. The summed E-state index contributed by atoms with van der Waals surface area (Å²) in [4.78, 5) is 0.143. The first kappa shape index (κ1) is 15.7. The first-order valence-corrected chi connectivity index (χ1v) is 7.51. The fourth-order valence-electron chi connectivity index (χ4n) is 1.67. The van der Waals surface area contributed by atoms with Crippen molar-refractivity contribution in [3.8, 4) is 0 Å². The standard InChI is InChI=1S/C12H21N3O3S/c1-4-10(8-18-3)15-11-6-5-9(13)7-12(11)19(16,17)14-2/h5-7,10,14-15H,4,8,13H2,1-3H3. The van der Waals surface area contributed by atoms with E-state index in [-0.39, 0.29) is 10.9 Å². The van der Waals surface area contributed by atoms with Crippen molar-refractivity contribution < 1.29 is 13.2 Å². The molecule has 1 rings (SSSR count). The molecule has 0 heterocycles. The molecular weight excluding hydrogens is 266 g/mol. The molecule has 1 unspecified atom stereocenters. The maximum absolute atomic E-state index is 12.0. The van der Waals surface area contributed by atoms with Crippen molar-refractivity contribution in [3.05, 3.63) is 18.2 Å². The van der Waals surface area contributed by atoms with Gasteiger partial charge in [0.15, 0.2) is 0 Å². The number of methoxy groups -OCH3 is 1. The van der Waals surface area contributed by atoms with Crippen LogP contribution in [0, 0.1) is 0 Å². The predicted octanol–water partition coefficient (Wildman–Crippen LogP) is 1.01. The Morgan fingerprint density at radius 3 is 2.63 bits per heavy atom. The molecule has 0 aliphatic carbocycles. The maximum Gasteiger partial charge on any atom is 0.242 e. The SMILES string of the molecule is CCC(COC)Nc1ccc(N)cc1S(=O)(=O)NC. The molecule has 0 fully saturated rings. The smallest absolute Gasteiger partial charge is 0.242 e. The Labute approximate surface area is 114 Å². The molecule has 0 amide bonds. The lowest BCUT2D eigenvalue weighted by atomic mass is 10.2. The van der Waals surface area contributed by atoms with Crippen LogP contribution in [0.25, 0.3) is 0 Å². The molecule has 0 aliphatic rings. The summed E-state index contributed by atoms with van der Waals surface area (Å²) in [5, 5.41) is 3.17. The van der Waals surface area contributed by atoms with Gasteiger partial charge in [-0.15, -0.1) is 0 Å². The number of ether oxygens (including phenoxy) is 1. The van der Waals surface area contributed by atoms with Gasteiger partial charge in [-0.3, -0.25) is 0 Å². The molecule has 6 nitrogen and oxygen atoms in total. The lowest BCUT2D eigenvalue weighted by Gasteiger charge is -2.20. The predicted molar refractivity (Wildman–Crippen MR) is 76.7 cm³/mol. The second-order valence-corrected chi connectivity index (χ2v) is 6.02. The molecule has 0 saturated heterocycles.